The summed E-state index contributed by atoms with van der Waals surface area (Å²) in [5.74, 6) is 0. The van der Waals surface area contributed by atoms with E-state index in [4.69, 9.17) is 0 Å². The number of thioether (sulfide) groups is 1. The van der Waals surface area contributed by atoms with Gasteiger partial charge < -0.3 is 5.32 Å². The highest BCUT2D eigenvalue weighted by Gasteiger charge is 2.21. The Morgan fingerprint density at radius 2 is 2.14 bits per heavy atom. The number of rotatable bonds is 8. The molecule has 0 radical (unpaired) electrons. The first-order valence-electron chi connectivity index (χ1n) is 6.96. The topological polar surface area (TPSA) is 58.2 Å². The minimum atomic E-state index is -3.46. The van der Waals surface area contributed by atoms with Gasteiger partial charge >= 0.3 is 0 Å². The van der Waals surface area contributed by atoms with E-state index < -0.39 is 10.0 Å². The van der Waals surface area contributed by atoms with Gasteiger partial charge in [0.05, 0.1) is 4.90 Å². The molecule has 0 saturated heterocycles. The van der Waals surface area contributed by atoms with Crippen LogP contribution in [0.4, 0.5) is 0 Å². The molecule has 1 aliphatic rings. The van der Waals surface area contributed by atoms with Crippen molar-refractivity contribution in [2.24, 2.45) is 0 Å². The minimum absolute atomic E-state index is 0.251. The number of benzene rings is 1. The SMILES string of the molecule is CSC(C)CNS(=O)(=O)c1ccc(CNC2CC2)cc1Br. The van der Waals surface area contributed by atoms with Crippen LogP contribution in [-0.2, 0) is 16.6 Å². The van der Waals surface area contributed by atoms with Crippen molar-refractivity contribution in [1.29, 1.82) is 0 Å². The van der Waals surface area contributed by atoms with E-state index in [1.807, 2.05) is 25.3 Å². The first kappa shape index (κ1) is 17.3. The van der Waals surface area contributed by atoms with Crippen LogP contribution in [0.2, 0.25) is 0 Å². The van der Waals surface area contributed by atoms with Crippen molar-refractivity contribution in [2.45, 2.75) is 42.5 Å². The predicted octanol–water partition coefficient (Wildman–Crippen LogP) is 2.73. The Balaban J connectivity index is 2.04. The highest BCUT2D eigenvalue weighted by Crippen LogP contribution is 2.24. The fourth-order valence-electron chi connectivity index (χ4n) is 1.81. The van der Waals surface area contributed by atoms with Gasteiger partial charge in [-0.25, -0.2) is 13.1 Å². The lowest BCUT2D eigenvalue weighted by Crippen LogP contribution is -2.29. The van der Waals surface area contributed by atoms with E-state index in [-0.39, 0.29) is 5.25 Å². The molecule has 0 amide bonds. The van der Waals surface area contributed by atoms with Gasteiger partial charge in [0.25, 0.3) is 0 Å². The van der Waals surface area contributed by atoms with Crippen LogP contribution in [0.1, 0.15) is 25.3 Å². The molecule has 0 spiro atoms. The van der Waals surface area contributed by atoms with E-state index in [0.29, 0.717) is 22.0 Å². The maximum atomic E-state index is 12.3. The molecular formula is C14H21BrN2O2S2. The Morgan fingerprint density at radius 1 is 1.43 bits per heavy atom. The molecule has 1 unspecified atom stereocenters. The van der Waals surface area contributed by atoms with Gasteiger partial charge in [-0.1, -0.05) is 13.0 Å². The summed E-state index contributed by atoms with van der Waals surface area (Å²) in [7, 11) is -3.46. The minimum Gasteiger partial charge on any atom is -0.310 e. The Bertz CT molecular complexity index is 589. The van der Waals surface area contributed by atoms with E-state index >= 15 is 0 Å². The Kier molecular flexibility index (Phi) is 6.14. The van der Waals surface area contributed by atoms with Crippen molar-refractivity contribution in [3.63, 3.8) is 0 Å². The van der Waals surface area contributed by atoms with E-state index in [1.165, 1.54) is 12.8 Å². The molecule has 1 atom stereocenters. The molecule has 1 aliphatic carbocycles. The normalized spacial score (nSPS) is 16.9. The monoisotopic (exact) mass is 392 g/mol. The van der Waals surface area contributed by atoms with Gasteiger partial charge in [0.15, 0.2) is 0 Å². The van der Waals surface area contributed by atoms with Crippen molar-refractivity contribution in [2.75, 3.05) is 12.8 Å². The molecule has 21 heavy (non-hydrogen) atoms. The first-order valence-corrected chi connectivity index (χ1v) is 10.5. The van der Waals surface area contributed by atoms with Crippen molar-refractivity contribution >= 4 is 37.7 Å². The molecule has 0 heterocycles. The molecule has 7 heteroatoms. The third-order valence-electron chi connectivity index (χ3n) is 3.42. The molecule has 2 N–H and O–H groups in total. The average molecular weight is 393 g/mol. The fourth-order valence-corrected chi connectivity index (χ4v) is 4.42. The lowest BCUT2D eigenvalue weighted by Gasteiger charge is -2.12. The quantitative estimate of drug-likeness (QED) is 0.713. The van der Waals surface area contributed by atoms with Crippen LogP contribution in [-0.4, -0.2) is 32.5 Å². The summed E-state index contributed by atoms with van der Waals surface area (Å²) in [4.78, 5) is 0.297. The molecule has 1 saturated carbocycles. The second-order valence-corrected chi connectivity index (χ2v) is 9.18. The number of halogens is 1. The Morgan fingerprint density at radius 3 is 2.71 bits per heavy atom. The van der Waals surface area contributed by atoms with E-state index in [9.17, 15) is 8.42 Å². The zero-order chi connectivity index (χ0) is 15.5. The van der Waals surface area contributed by atoms with E-state index in [1.54, 1.807) is 17.8 Å². The number of nitrogens with one attached hydrogen (secondary N) is 2. The number of sulfonamides is 1. The van der Waals surface area contributed by atoms with Gasteiger partial charge in [0.1, 0.15) is 0 Å². The Labute approximate surface area is 139 Å². The molecule has 0 bridgehead atoms. The van der Waals surface area contributed by atoms with Gasteiger partial charge in [-0.3, -0.25) is 0 Å². The summed E-state index contributed by atoms with van der Waals surface area (Å²) in [6, 6.07) is 6.05. The third kappa shape index (κ3) is 5.25. The first-order chi connectivity index (χ1) is 9.92. The third-order valence-corrected chi connectivity index (χ3v) is 6.79. The van der Waals surface area contributed by atoms with Crippen LogP contribution in [0.3, 0.4) is 0 Å². The molecule has 118 valence electrons. The number of hydrogen-bond donors (Lipinski definition) is 2. The standard InChI is InChI=1S/C14H21BrN2O2S2/c1-10(20-2)8-17-21(18,19)14-6-3-11(7-13(14)15)9-16-12-4-5-12/h3,6-7,10,12,16-17H,4-5,8-9H2,1-2H3. The highest BCUT2D eigenvalue weighted by molar-refractivity contribution is 9.10. The van der Waals surface area contributed by atoms with Gasteiger partial charge in [0.2, 0.25) is 10.0 Å². The summed E-state index contributed by atoms with van der Waals surface area (Å²) >= 11 is 5.01. The molecular weight excluding hydrogens is 372 g/mol. The smallest absolute Gasteiger partial charge is 0.241 e. The number of hydrogen-bond acceptors (Lipinski definition) is 4. The average Bonchev–Trinajstić information content (AvgIpc) is 3.26. The lowest BCUT2D eigenvalue weighted by molar-refractivity contribution is 0.581. The zero-order valence-corrected chi connectivity index (χ0v) is 15.4. The maximum Gasteiger partial charge on any atom is 0.241 e. The second-order valence-electron chi connectivity index (χ2n) is 5.32. The lowest BCUT2D eigenvalue weighted by atomic mass is 10.2. The zero-order valence-electron chi connectivity index (χ0n) is 12.2. The summed E-state index contributed by atoms with van der Waals surface area (Å²) in [6.07, 6.45) is 4.45. The van der Waals surface area contributed by atoms with Crippen LogP contribution < -0.4 is 10.0 Å². The van der Waals surface area contributed by atoms with Crippen LogP contribution in [0, 0.1) is 0 Å². The molecule has 1 fully saturated rings. The fraction of sp³-hybridized carbons (Fsp3) is 0.571. The molecule has 2 rings (SSSR count). The van der Waals surface area contributed by atoms with Crippen LogP contribution >= 0.6 is 27.7 Å². The van der Waals surface area contributed by atoms with Gasteiger partial charge in [-0.05, 0) is 52.7 Å². The van der Waals surface area contributed by atoms with E-state index in [0.717, 1.165) is 12.1 Å². The molecule has 1 aromatic rings. The predicted molar refractivity (Wildman–Crippen MR) is 92.2 cm³/mol. The summed E-state index contributed by atoms with van der Waals surface area (Å²) in [5, 5.41) is 3.67. The van der Waals surface area contributed by atoms with Crippen molar-refractivity contribution in [1.82, 2.24) is 10.0 Å². The van der Waals surface area contributed by atoms with Gasteiger partial charge in [-0.2, -0.15) is 11.8 Å². The largest absolute Gasteiger partial charge is 0.310 e. The molecule has 1 aromatic carbocycles. The molecule has 0 aliphatic heterocycles. The van der Waals surface area contributed by atoms with Crippen molar-refractivity contribution in [3.05, 3.63) is 28.2 Å². The molecule has 4 nitrogen and oxygen atoms in total. The second kappa shape index (κ2) is 7.46. The van der Waals surface area contributed by atoms with Crippen molar-refractivity contribution in [3.8, 4) is 0 Å². The van der Waals surface area contributed by atoms with Gasteiger partial charge in [-0.15, -0.1) is 0 Å². The van der Waals surface area contributed by atoms with Gasteiger partial charge in [0, 0.05) is 28.9 Å². The summed E-state index contributed by atoms with van der Waals surface area (Å²) in [5.41, 5.74) is 1.09. The van der Waals surface area contributed by atoms with Crippen LogP contribution in [0.15, 0.2) is 27.6 Å². The highest BCUT2D eigenvalue weighted by atomic mass is 79.9. The molecule has 0 aromatic heterocycles. The maximum absolute atomic E-state index is 12.3. The van der Waals surface area contributed by atoms with Crippen LogP contribution in [0.5, 0.6) is 0 Å². The summed E-state index contributed by atoms with van der Waals surface area (Å²) in [6.45, 7) is 3.20. The van der Waals surface area contributed by atoms with E-state index in [2.05, 4.69) is 26.0 Å². The van der Waals surface area contributed by atoms with Crippen molar-refractivity contribution < 1.29 is 8.42 Å². The Hall–Kier alpha value is -0.0800. The summed E-state index contributed by atoms with van der Waals surface area (Å²) < 4.78 is 27.9. The van der Waals surface area contributed by atoms with Crippen LogP contribution in [0.25, 0.3) is 0 Å².